The summed E-state index contributed by atoms with van der Waals surface area (Å²) in [6, 6.07) is 22.4. The van der Waals surface area contributed by atoms with Crippen molar-refractivity contribution in [3.63, 3.8) is 0 Å². The highest BCUT2D eigenvalue weighted by atomic mass is 19.1. The standard InChI is InChI=1S/C32H27FN12/c33-22-5-8-25(38-19-22)26-9-10-27-32(39-26)45(31(40-27)24-2-1-12-37-30(24)35)23-6-3-21(4-7-23)20-43-14-16-44(17-15-43)42-28-11-13-36-29(18-34)41-28/h1-13,19H,14-17,20H2,(H2,35,37)(H,36,41,42). The predicted octanol–water partition coefficient (Wildman–Crippen LogP) is 4.07. The fraction of sp³-hybridized carbons (Fsp3) is 0.156. The number of nitrogens with zero attached hydrogens (tertiary/aromatic N) is 10. The second kappa shape index (κ2) is 12.0. The van der Waals surface area contributed by atoms with E-state index in [0.29, 0.717) is 45.6 Å². The monoisotopic (exact) mass is 598 g/mol. The average Bonchev–Trinajstić information content (AvgIpc) is 3.45. The number of pyridine rings is 3. The molecule has 1 fully saturated rings. The molecule has 3 N–H and O–H groups in total. The SMILES string of the molecule is N#Cc1nccc(NN2CCN(Cc3ccc(-n4c(-c5cccnc5N)nc5ccc(-c6ccc(F)cn6)nc54)cc3)CC2)n1. The van der Waals surface area contributed by atoms with Crippen LogP contribution < -0.4 is 11.2 Å². The minimum Gasteiger partial charge on any atom is -0.383 e. The van der Waals surface area contributed by atoms with Crippen molar-refractivity contribution in [2.45, 2.75) is 6.54 Å². The quantitative estimate of drug-likeness (QED) is 0.274. The number of fused-ring (bicyclic) bond motifs is 1. The molecule has 12 nitrogen and oxygen atoms in total. The van der Waals surface area contributed by atoms with E-state index in [2.05, 4.69) is 59.5 Å². The van der Waals surface area contributed by atoms with Gasteiger partial charge in [-0.3, -0.25) is 14.5 Å². The molecule has 0 saturated carbocycles. The predicted molar refractivity (Wildman–Crippen MR) is 167 cm³/mol. The third-order valence-corrected chi connectivity index (χ3v) is 7.57. The van der Waals surface area contributed by atoms with Crippen molar-refractivity contribution >= 4 is 22.8 Å². The average molecular weight is 599 g/mol. The Morgan fingerprint density at radius 1 is 0.844 bits per heavy atom. The topological polar surface area (TPSA) is 151 Å². The van der Waals surface area contributed by atoms with Crippen LogP contribution in [0.4, 0.5) is 16.0 Å². The van der Waals surface area contributed by atoms with Crippen molar-refractivity contribution in [2.75, 3.05) is 37.3 Å². The number of piperazine rings is 1. The number of nitrogens with one attached hydrogen (secondary N) is 1. The number of nitriles is 1. The lowest BCUT2D eigenvalue weighted by Gasteiger charge is -2.34. The first-order chi connectivity index (χ1) is 22.0. The van der Waals surface area contributed by atoms with E-state index in [1.54, 1.807) is 24.5 Å². The first-order valence-electron chi connectivity index (χ1n) is 14.3. The van der Waals surface area contributed by atoms with Crippen LogP contribution in [0.3, 0.4) is 0 Å². The number of nitrogen functional groups attached to an aromatic ring is 1. The zero-order valence-electron chi connectivity index (χ0n) is 24.0. The molecule has 0 radical (unpaired) electrons. The molecule has 45 heavy (non-hydrogen) atoms. The first kappa shape index (κ1) is 28.0. The molecular weight excluding hydrogens is 571 g/mol. The molecule has 0 atom stereocenters. The van der Waals surface area contributed by atoms with Crippen LogP contribution in [0.25, 0.3) is 39.6 Å². The van der Waals surface area contributed by atoms with E-state index >= 15 is 0 Å². The molecule has 0 spiro atoms. The molecule has 1 saturated heterocycles. The third kappa shape index (κ3) is 5.87. The zero-order chi connectivity index (χ0) is 30.8. The molecule has 0 unspecified atom stereocenters. The summed E-state index contributed by atoms with van der Waals surface area (Å²) in [6.45, 7) is 4.14. The van der Waals surface area contributed by atoms with Crippen LogP contribution in [0.1, 0.15) is 11.4 Å². The highest BCUT2D eigenvalue weighted by Crippen LogP contribution is 2.31. The van der Waals surface area contributed by atoms with Gasteiger partial charge in [0, 0.05) is 56.9 Å². The van der Waals surface area contributed by atoms with Crippen LogP contribution in [-0.4, -0.2) is 70.6 Å². The first-order valence-corrected chi connectivity index (χ1v) is 14.3. The molecular formula is C32H27FN12. The Kier molecular flexibility index (Phi) is 7.48. The molecule has 0 bridgehead atoms. The smallest absolute Gasteiger partial charge is 0.234 e. The Balaban J connectivity index is 1.13. The maximum absolute atomic E-state index is 13.5. The number of anilines is 2. The van der Waals surface area contributed by atoms with Crippen molar-refractivity contribution in [3.8, 4) is 34.5 Å². The van der Waals surface area contributed by atoms with Gasteiger partial charge in [-0.2, -0.15) is 5.26 Å². The molecule has 1 aliphatic heterocycles. The van der Waals surface area contributed by atoms with Crippen molar-refractivity contribution < 1.29 is 4.39 Å². The lowest BCUT2D eigenvalue weighted by atomic mass is 10.1. The number of benzene rings is 1. The van der Waals surface area contributed by atoms with Gasteiger partial charge in [0.2, 0.25) is 5.82 Å². The van der Waals surface area contributed by atoms with Crippen LogP contribution in [-0.2, 0) is 6.54 Å². The van der Waals surface area contributed by atoms with Gasteiger partial charge in [0.15, 0.2) is 11.5 Å². The summed E-state index contributed by atoms with van der Waals surface area (Å²) in [5.74, 6) is 1.33. The molecule has 7 rings (SSSR count). The lowest BCUT2D eigenvalue weighted by Crippen LogP contribution is -2.48. The molecule has 6 heterocycles. The van der Waals surface area contributed by atoms with Crippen LogP contribution in [0.2, 0.25) is 0 Å². The minimum atomic E-state index is -0.407. The number of rotatable bonds is 7. The highest BCUT2D eigenvalue weighted by Gasteiger charge is 2.20. The van der Waals surface area contributed by atoms with E-state index in [4.69, 9.17) is 21.0 Å². The Bertz CT molecular complexity index is 2010. The van der Waals surface area contributed by atoms with E-state index in [1.807, 2.05) is 34.9 Å². The molecule has 6 aromatic rings. The largest absolute Gasteiger partial charge is 0.383 e. The maximum atomic E-state index is 13.5. The van der Waals surface area contributed by atoms with E-state index in [0.717, 1.165) is 38.4 Å². The van der Waals surface area contributed by atoms with Gasteiger partial charge in [-0.05, 0) is 54.1 Å². The van der Waals surface area contributed by atoms with Gasteiger partial charge in [0.25, 0.3) is 0 Å². The van der Waals surface area contributed by atoms with Gasteiger partial charge in [-0.15, -0.1) is 0 Å². The zero-order valence-corrected chi connectivity index (χ0v) is 24.0. The number of imidazole rings is 1. The molecule has 0 aliphatic carbocycles. The molecule has 13 heteroatoms. The van der Waals surface area contributed by atoms with Crippen LogP contribution >= 0.6 is 0 Å². The van der Waals surface area contributed by atoms with Crippen molar-refractivity contribution in [1.29, 1.82) is 5.26 Å². The fourth-order valence-corrected chi connectivity index (χ4v) is 5.32. The van der Waals surface area contributed by atoms with Gasteiger partial charge in [0.1, 0.15) is 29.0 Å². The van der Waals surface area contributed by atoms with E-state index in [-0.39, 0.29) is 5.82 Å². The summed E-state index contributed by atoms with van der Waals surface area (Å²) < 4.78 is 15.5. The molecule has 0 amide bonds. The fourth-order valence-electron chi connectivity index (χ4n) is 5.32. The van der Waals surface area contributed by atoms with E-state index in [1.165, 1.54) is 17.8 Å². The van der Waals surface area contributed by atoms with Crippen LogP contribution in [0.15, 0.2) is 85.3 Å². The summed E-state index contributed by atoms with van der Waals surface area (Å²) in [5, 5.41) is 11.1. The second-order valence-corrected chi connectivity index (χ2v) is 10.5. The maximum Gasteiger partial charge on any atom is 0.234 e. The van der Waals surface area contributed by atoms with Crippen molar-refractivity contribution in [1.82, 2.24) is 44.4 Å². The summed E-state index contributed by atoms with van der Waals surface area (Å²) >= 11 is 0. The Hall–Kier alpha value is -5.84. The number of aromatic nitrogens is 7. The second-order valence-electron chi connectivity index (χ2n) is 10.5. The number of nitrogens with two attached hydrogens (primary N) is 1. The van der Waals surface area contributed by atoms with Gasteiger partial charge >= 0.3 is 0 Å². The van der Waals surface area contributed by atoms with Gasteiger partial charge in [-0.1, -0.05) is 12.1 Å². The number of hydrazine groups is 1. The van der Waals surface area contributed by atoms with Crippen molar-refractivity contribution in [3.05, 3.63) is 103 Å². The summed E-state index contributed by atoms with van der Waals surface area (Å²) in [5.41, 5.74) is 14.8. The van der Waals surface area contributed by atoms with Gasteiger partial charge in [-0.25, -0.2) is 34.3 Å². The van der Waals surface area contributed by atoms with Crippen LogP contribution in [0, 0.1) is 17.1 Å². The molecule has 1 aromatic carbocycles. The number of hydrogen-bond acceptors (Lipinski definition) is 11. The number of hydrogen-bond donors (Lipinski definition) is 2. The number of halogens is 1. The van der Waals surface area contributed by atoms with E-state index < -0.39 is 5.82 Å². The highest BCUT2D eigenvalue weighted by molar-refractivity contribution is 5.84. The van der Waals surface area contributed by atoms with Crippen LogP contribution in [0.5, 0.6) is 0 Å². The summed E-state index contributed by atoms with van der Waals surface area (Å²) in [7, 11) is 0. The van der Waals surface area contributed by atoms with Gasteiger partial charge < -0.3 is 11.2 Å². The summed E-state index contributed by atoms with van der Waals surface area (Å²) in [6.07, 6.45) is 4.40. The Labute approximate surface area is 257 Å². The summed E-state index contributed by atoms with van der Waals surface area (Å²) in [4.78, 5) is 28.8. The third-order valence-electron chi connectivity index (χ3n) is 7.57. The van der Waals surface area contributed by atoms with E-state index in [9.17, 15) is 4.39 Å². The molecule has 1 aliphatic rings. The Morgan fingerprint density at radius 2 is 1.67 bits per heavy atom. The normalized spacial score (nSPS) is 14.0. The lowest BCUT2D eigenvalue weighted by molar-refractivity contribution is 0.146. The van der Waals surface area contributed by atoms with Gasteiger partial charge in [0.05, 0.1) is 23.1 Å². The molecule has 5 aromatic heterocycles. The Morgan fingerprint density at radius 3 is 2.42 bits per heavy atom. The minimum absolute atomic E-state index is 0.142. The van der Waals surface area contributed by atoms with Crippen molar-refractivity contribution in [2.24, 2.45) is 0 Å². The molecule has 222 valence electrons.